The first-order valence-corrected chi connectivity index (χ1v) is 5.12. The highest BCUT2D eigenvalue weighted by molar-refractivity contribution is 5.83. The number of hydrogen-bond donors (Lipinski definition) is 2. The van der Waals surface area contributed by atoms with Crippen LogP contribution in [0.3, 0.4) is 0 Å². The van der Waals surface area contributed by atoms with Gasteiger partial charge < -0.3 is 10.6 Å². The first kappa shape index (κ1) is 13.2. The number of halogens is 4. The smallest absolute Gasteiger partial charge is 0.349 e. The second kappa shape index (κ2) is 5.47. The van der Waals surface area contributed by atoms with Crippen molar-refractivity contribution in [3.63, 3.8) is 0 Å². The van der Waals surface area contributed by atoms with E-state index in [-0.39, 0.29) is 12.6 Å². The van der Waals surface area contributed by atoms with E-state index >= 15 is 0 Å². The number of rotatable bonds is 4. The van der Waals surface area contributed by atoms with Crippen molar-refractivity contribution in [1.82, 2.24) is 10.6 Å². The molecule has 1 rings (SSSR count). The minimum atomic E-state index is -4.60. The van der Waals surface area contributed by atoms with Crippen LogP contribution in [0.15, 0.2) is 0 Å². The Hall–Kier alpha value is -0.850. The van der Waals surface area contributed by atoms with Gasteiger partial charge in [-0.25, -0.2) is 8.78 Å². The maximum atomic E-state index is 12.5. The number of nitrogens with one attached hydrogen (secondary N) is 2. The van der Waals surface area contributed by atoms with Crippen molar-refractivity contribution < 1.29 is 22.4 Å². The maximum Gasteiger partial charge on any atom is 0.383 e. The first-order chi connectivity index (χ1) is 7.44. The molecule has 2 N–H and O–H groups in total. The largest absolute Gasteiger partial charge is 0.383 e. The van der Waals surface area contributed by atoms with Gasteiger partial charge in [-0.3, -0.25) is 4.79 Å². The van der Waals surface area contributed by atoms with Crippen molar-refractivity contribution in [3.8, 4) is 0 Å². The fourth-order valence-electron chi connectivity index (χ4n) is 1.53. The molecule has 0 spiro atoms. The predicted octanol–water partition coefficient (Wildman–Crippen LogP) is 1.15. The number of hydrogen-bond acceptors (Lipinski definition) is 2. The summed E-state index contributed by atoms with van der Waals surface area (Å²) in [7, 11) is 0. The molecule has 1 atom stereocenters. The summed E-state index contributed by atoms with van der Waals surface area (Å²) in [4.78, 5) is 10.8. The molecule has 0 aliphatic carbocycles. The van der Waals surface area contributed by atoms with Gasteiger partial charge in [-0.1, -0.05) is 6.42 Å². The van der Waals surface area contributed by atoms with E-state index in [1.807, 2.05) is 5.32 Å². The van der Waals surface area contributed by atoms with Gasteiger partial charge in [0.15, 0.2) is 0 Å². The Labute approximate surface area is 90.6 Å². The molecule has 0 aromatic rings. The third-order valence-corrected chi connectivity index (χ3v) is 2.50. The molecular formula is C9H14F4N2O. The minimum Gasteiger partial charge on any atom is -0.349 e. The van der Waals surface area contributed by atoms with Gasteiger partial charge in [0.2, 0.25) is 0 Å². The van der Waals surface area contributed by atoms with Gasteiger partial charge >= 0.3 is 12.3 Å². The zero-order valence-electron chi connectivity index (χ0n) is 8.61. The summed E-state index contributed by atoms with van der Waals surface area (Å²) in [6.07, 6.45) is -1.27. The average molecular weight is 242 g/mol. The van der Waals surface area contributed by atoms with Gasteiger partial charge in [0.05, 0.1) is 0 Å². The molecule has 0 saturated carbocycles. The van der Waals surface area contributed by atoms with E-state index in [1.165, 1.54) is 0 Å². The zero-order chi connectivity index (χ0) is 12.2. The summed E-state index contributed by atoms with van der Waals surface area (Å²) >= 11 is 0. The Morgan fingerprint density at radius 2 is 2.12 bits per heavy atom. The summed E-state index contributed by atoms with van der Waals surface area (Å²) in [5, 5.41) is 4.85. The zero-order valence-corrected chi connectivity index (χ0v) is 8.61. The SMILES string of the molecule is O=C(NCC1CCCCN1)C(F)(F)C(F)F. The molecule has 1 aliphatic rings. The third kappa shape index (κ3) is 3.33. The van der Waals surface area contributed by atoms with Crippen LogP contribution in [-0.2, 0) is 4.79 Å². The molecule has 1 heterocycles. The van der Waals surface area contributed by atoms with Crippen LogP contribution in [0.1, 0.15) is 19.3 Å². The lowest BCUT2D eigenvalue weighted by molar-refractivity contribution is -0.169. The highest BCUT2D eigenvalue weighted by Gasteiger charge is 2.48. The van der Waals surface area contributed by atoms with Gasteiger partial charge in [-0.2, -0.15) is 8.78 Å². The van der Waals surface area contributed by atoms with Gasteiger partial charge in [0.25, 0.3) is 5.91 Å². The van der Waals surface area contributed by atoms with Crippen LogP contribution >= 0.6 is 0 Å². The van der Waals surface area contributed by atoms with Crippen molar-refractivity contribution in [2.75, 3.05) is 13.1 Å². The van der Waals surface area contributed by atoms with E-state index in [2.05, 4.69) is 5.32 Å². The van der Waals surface area contributed by atoms with Crippen LogP contribution < -0.4 is 10.6 Å². The molecule has 1 fully saturated rings. The van der Waals surface area contributed by atoms with Crippen molar-refractivity contribution in [2.24, 2.45) is 0 Å². The number of piperidine rings is 1. The Morgan fingerprint density at radius 3 is 2.62 bits per heavy atom. The predicted molar refractivity (Wildman–Crippen MR) is 49.6 cm³/mol. The van der Waals surface area contributed by atoms with Crippen molar-refractivity contribution in [3.05, 3.63) is 0 Å². The van der Waals surface area contributed by atoms with Crippen LogP contribution in [-0.4, -0.2) is 37.4 Å². The molecule has 0 bridgehead atoms. The van der Waals surface area contributed by atoms with Gasteiger partial charge in [-0.05, 0) is 19.4 Å². The molecule has 7 heteroatoms. The van der Waals surface area contributed by atoms with Crippen LogP contribution in [0.25, 0.3) is 0 Å². The fraction of sp³-hybridized carbons (Fsp3) is 0.889. The van der Waals surface area contributed by atoms with Crippen LogP contribution in [0.4, 0.5) is 17.6 Å². The Kier molecular flexibility index (Phi) is 4.52. The molecule has 1 saturated heterocycles. The highest BCUT2D eigenvalue weighted by Crippen LogP contribution is 2.22. The van der Waals surface area contributed by atoms with E-state index in [1.54, 1.807) is 0 Å². The minimum absolute atomic E-state index is 0.0405. The topological polar surface area (TPSA) is 41.1 Å². The summed E-state index contributed by atoms with van der Waals surface area (Å²) in [5.41, 5.74) is 0. The van der Waals surface area contributed by atoms with Gasteiger partial charge in [-0.15, -0.1) is 0 Å². The molecule has 16 heavy (non-hydrogen) atoms. The monoisotopic (exact) mass is 242 g/mol. The molecule has 3 nitrogen and oxygen atoms in total. The molecule has 0 radical (unpaired) electrons. The third-order valence-electron chi connectivity index (χ3n) is 2.50. The molecule has 94 valence electrons. The van der Waals surface area contributed by atoms with E-state index in [0.29, 0.717) is 0 Å². The van der Waals surface area contributed by atoms with Crippen LogP contribution in [0.2, 0.25) is 0 Å². The summed E-state index contributed by atoms with van der Waals surface area (Å²) < 4.78 is 48.6. The number of alkyl halides is 4. The Bertz CT molecular complexity index is 242. The first-order valence-electron chi connectivity index (χ1n) is 5.12. The lowest BCUT2D eigenvalue weighted by Gasteiger charge is -2.24. The van der Waals surface area contributed by atoms with Gasteiger partial charge in [0, 0.05) is 12.6 Å². The molecule has 1 amide bonds. The molecule has 0 aromatic carbocycles. The lowest BCUT2D eigenvalue weighted by atomic mass is 10.1. The number of amides is 1. The van der Waals surface area contributed by atoms with E-state index in [0.717, 1.165) is 25.8 Å². The molecule has 0 aromatic heterocycles. The van der Waals surface area contributed by atoms with E-state index < -0.39 is 18.3 Å². The molecular weight excluding hydrogens is 228 g/mol. The van der Waals surface area contributed by atoms with Crippen LogP contribution in [0, 0.1) is 0 Å². The van der Waals surface area contributed by atoms with Crippen molar-refractivity contribution >= 4 is 5.91 Å². The Morgan fingerprint density at radius 1 is 1.44 bits per heavy atom. The normalized spacial score (nSPS) is 22.2. The van der Waals surface area contributed by atoms with E-state index in [9.17, 15) is 22.4 Å². The quantitative estimate of drug-likeness (QED) is 0.726. The number of carbonyl (C=O) groups is 1. The van der Waals surface area contributed by atoms with E-state index in [4.69, 9.17) is 0 Å². The Balaban J connectivity index is 2.34. The second-order valence-electron chi connectivity index (χ2n) is 3.78. The van der Waals surface area contributed by atoms with Crippen molar-refractivity contribution in [2.45, 2.75) is 37.7 Å². The molecule has 1 unspecified atom stereocenters. The highest BCUT2D eigenvalue weighted by atomic mass is 19.3. The summed E-state index contributed by atoms with van der Waals surface area (Å²) in [5.74, 6) is -6.51. The van der Waals surface area contributed by atoms with Crippen LogP contribution in [0.5, 0.6) is 0 Å². The summed E-state index contributed by atoms with van der Waals surface area (Å²) in [6, 6.07) is -0.105. The molecule has 1 aliphatic heterocycles. The standard InChI is InChI=1S/C9H14F4N2O/c10-7(11)9(12,13)8(16)15-5-6-3-1-2-4-14-6/h6-7,14H,1-5H2,(H,15,16). The fourth-order valence-corrected chi connectivity index (χ4v) is 1.53. The van der Waals surface area contributed by atoms with Crippen molar-refractivity contribution in [1.29, 1.82) is 0 Å². The summed E-state index contributed by atoms with van der Waals surface area (Å²) in [6.45, 7) is 0.715. The number of carbonyl (C=O) groups excluding carboxylic acids is 1. The lowest BCUT2D eigenvalue weighted by Crippen LogP contribution is -2.50. The van der Waals surface area contributed by atoms with Gasteiger partial charge in [0.1, 0.15) is 0 Å². The maximum absolute atomic E-state index is 12.5. The second-order valence-corrected chi connectivity index (χ2v) is 3.78. The average Bonchev–Trinajstić information content (AvgIpc) is 2.27.